The number of nitrogens with two attached hydrogens (primary N) is 1. The summed E-state index contributed by atoms with van der Waals surface area (Å²) in [5.74, 6) is 0.0383. The zero-order valence-corrected chi connectivity index (χ0v) is 15.5. The Balaban J connectivity index is 3.06. The number of carbonyl (C=O) groups is 2. The molecule has 5 N–H and O–H groups in total. The van der Waals surface area contributed by atoms with E-state index >= 15 is 0 Å². The fourth-order valence-corrected chi connectivity index (χ4v) is 2.44. The SMILES string of the molecule is CCNc1ccc(OCCN)c(C(=O)N[C@H](C(=O)CNC)C(C)C)c1. The Bertz CT molecular complexity index is 575. The van der Waals surface area contributed by atoms with Crippen LogP contribution in [0.3, 0.4) is 0 Å². The molecule has 0 spiro atoms. The zero-order chi connectivity index (χ0) is 18.8. The monoisotopic (exact) mass is 350 g/mol. The van der Waals surface area contributed by atoms with Crippen molar-refractivity contribution in [3.8, 4) is 5.75 Å². The Labute approximate surface area is 149 Å². The van der Waals surface area contributed by atoms with Crippen LogP contribution in [-0.4, -0.2) is 51.0 Å². The van der Waals surface area contributed by atoms with E-state index < -0.39 is 6.04 Å². The van der Waals surface area contributed by atoms with Crippen molar-refractivity contribution in [3.63, 3.8) is 0 Å². The summed E-state index contributed by atoms with van der Waals surface area (Å²) in [5.41, 5.74) is 6.68. The van der Waals surface area contributed by atoms with Gasteiger partial charge in [0.05, 0.1) is 18.2 Å². The lowest BCUT2D eigenvalue weighted by Crippen LogP contribution is -2.47. The van der Waals surface area contributed by atoms with Crippen molar-refractivity contribution in [1.29, 1.82) is 0 Å². The number of likely N-dealkylation sites (N-methyl/N-ethyl adjacent to an activating group) is 1. The highest BCUT2D eigenvalue weighted by molar-refractivity contribution is 6.01. The van der Waals surface area contributed by atoms with Crippen LogP contribution in [-0.2, 0) is 4.79 Å². The van der Waals surface area contributed by atoms with Gasteiger partial charge < -0.3 is 26.4 Å². The fraction of sp³-hybridized carbons (Fsp3) is 0.556. The number of benzene rings is 1. The molecule has 0 saturated carbocycles. The van der Waals surface area contributed by atoms with Gasteiger partial charge in [0, 0.05) is 18.8 Å². The molecule has 0 bridgehead atoms. The van der Waals surface area contributed by atoms with Crippen molar-refractivity contribution in [2.75, 3.05) is 38.6 Å². The predicted octanol–water partition coefficient (Wildman–Crippen LogP) is 0.999. The second kappa shape index (κ2) is 10.7. The molecule has 7 nitrogen and oxygen atoms in total. The summed E-state index contributed by atoms with van der Waals surface area (Å²) in [6.07, 6.45) is 0. The zero-order valence-electron chi connectivity index (χ0n) is 15.5. The molecule has 1 atom stereocenters. The van der Waals surface area contributed by atoms with Gasteiger partial charge in [-0.05, 0) is 38.1 Å². The van der Waals surface area contributed by atoms with E-state index in [-0.39, 0.29) is 24.2 Å². The lowest BCUT2D eigenvalue weighted by Gasteiger charge is -2.22. The van der Waals surface area contributed by atoms with Crippen LogP contribution in [0, 0.1) is 5.92 Å². The number of carbonyl (C=O) groups excluding carboxylic acids is 2. The van der Waals surface area contributed by atoms with Crippen molar-refractivity contribution in [3.05, 3.63) is 23.8 Å². The number of hydrogen-bond acceptors (Lipinski definition) is 6. The molecule has 25 heavy (non-hydrogen) atoms. The second-order valence-electron chi connectivity index (χ2n) is 6.07. The van der Waals surface area contributed by atoms with Crippen LogP contribution in [0.1, 0.15) is 31.1 Å². The van der Waals surface area contributed by atoms with Gasteiger partial charge in [0.2, 0.25) is 0 Å². The van der Waals surface area contributed by atoms with Crippen LogP contribution in [0.25, 0.3) is 0 Å². The number of ketones is 1. The number of ether oxygens (including phenoxy) is 1. The van der Waals surface area contributed by atoms with Gasteiger partial charge >= 0.3 is 0 Å². The largest absolute Gasteiger partial charge is 0.491 e. The highest BCUT2D eigenvalue weighted by atomic mass is 16.5. The lowest BCUT2D eigenvalue weighted by atomic mass is 9.99. The first kappa shape index (κ1) is 20.9. The Morgan fingerprint density at radius 3 is 2.56 bits per heavy atom. The van der Waals surface area contributed by atoms with Crippen LogP contribution in [0.5, 0.6) is 5.75 Å². The summed E-state index contributed by atoms with van der Waals surface area (Å²) < 4.78 is 5.58. The molecule has 140 valence electrons. The molecule has 0 aliphatic heterocycles. The highest BCUT2D eigenvalue weighted by Gasteiger charge is 2.25. The molecular formula is C18H30N4O3. The number of hydrogen-bond donors (Lipinski definition) is 4. The topological polar surface area (TPSA) is 105 Å². The predicted molar refractivity (Wildman–Crippen MR) is 100 cm³/mol. The van der Waals surface area contributed by atoms with Crippen LogP contribution >= 0.6 is 0 Å². The van der Waals surface area contributed by atoms with Crippen molar-refractivity contribution in [1.82, 2.24) is 10.6 Å². The summed E-state index contributed by atoms with van der Waals surface area (Å²) >= 11 is 0. The smallest absolute Gasteiger partial charge is 0.255 e. The third-order valence-corrected chi connectivity index (χ3v) is 3.63. The summed E-state index contributed by atoms with van der Waals surface area (Å²) in [4.78, 5) is 25.0. The maximum absolute atomic E-state index is 12.8. The van der Waals surface area contributed by atoms with Gasteiger partial charge in [-0.2, -0.15) is 0 Å². The van der Waals surface area contributed by atoms with Crippen molar-refractivity contribution < 1.29 is 14.3 Å². The van der Waals surface area contributed by atoms with Gasteiger partial charge in [0.1, 0.15) is 12.4 Å². The Hall–Kier alpha value is -2.12. The molecule has 0 aliphatic carbocycles. The average Bonchev–Trinajstić information content (AvgIpc) is 2.58. The van der Waals surface area contributed by atoms with Crippen molar-refractivity contribution in [2.24, 2.45) is 11.7 Å². The average molecular weight is 350 g/mol. The van der Waals surface area contributed by atoms with E-state index in [1.807, 2.05) is 26.8 Å². The number of anilines is 1. The fourth-order valence-electron chi connectivity index (χ4n) is 2.44. The molecule has 0 aliphatic rings. The number of Topliss-reactive ketones (excluding diaryl/α,β-unsaturated/α-hetero) is 1. The molecular weight excluding hydrogens is 320 g/mol. The van der Waals surface area contributed by atoms with Crippen LogP contribution in [0.4, 0.5) is 5.69 Å². The van der Waals surface area contributed by atoms with E-state index in [0.717, 1.165) is 12.2 Å². The molecule has 0 unspecified atom stereocenters. The Morgan fingerprint density at radius 2 is 2.00 bits per heavy atom. The quantitative estimate of drug-likeness (QED) is 0.474. The Kier molecular flexibility index (Phi) is 8.94. The van der Waals surface area contributed by atoms with Crippen LogP contribution < -0.4 is 26.4 Å². The maximum Gasteiger partial charge on any atom is 0.255 e. The lowest BCUT2D eigenvalue weighted by molar-refractivity contribution is -0.120. The van der Waals surface area contributed by atoms with E-state index in [1.54, 1.807) is 19.2 Å². The Morgan fingerprint density at radius 1 is 1.28 bits per heavy atom. The third kappa shape index (κ3) is 6.36. The standard InChI is InChI=1S/C18H30N4O3/c1-5-21-13-6-7-16(25-9-8-19)14(10-13)18(24)22-17(12(2)3)15(23)11-20-4/h6-7,10,12,17,20-21H,5,8-9,11,19H2,1-4H3,(H,22,24)/t17-/m0/s1. The van der Waals surface area contributed by atoms with Gasteiger partial charge in [0.15, 0.2) is 5.78 Å². The van der Waals surface area contributed by atoms with Crippen molar-refractivity contribution >= 4 is 17.4 Å². The van der Waals surface area contributed by atoms with Crippen LogP contribution in [0.15, 0.2) is 18.2 Å². The maximum atomic E-state index is 12.8. The molecule has 1 aromatic rings. The van der Waals surface area contributed by atoms with Gasteiger partial charge in [0.25, 0.3) is 5.91 Å². The molecule has 1 aromatic carbocycles. The first-order valence-electron chi connectivity index (χ1n) is 8.63. The molecule has 0 saturated heterocycles. The van der Waals surface area contributed by atoms with E-state index in [2.05, 4.69) is 16.0 Å². The van der Waals surface area contributed by atoms with Gasteiger partial charge in [-0.3, -0.25) is 9.59 Å². The number of amides is 1. The molecule has 0 aromatic heterocycles. The van der Waals surface area contributed by atoms with Crippen molar-refractivity contribution in [2.45, 2.75) is 26.8 Å². The normalized spacial score (nSPS) is 11.9. The highest BCUT2D eigenvalue weighted by Crippen LogP contribution is 2.23. The minimum absolute atomic E-state index is 0.0184. The summed E-state index contributed by atoms with van der Waals surface area (Å²) in [7, 11) is 1.70. The van der Waals surface area contributed by atoms with E-state index in [4.69, 9.17) is 10.5 Å². The second-order valence-corrected chi connectivity index (χ2v) is 6.07. The molecule has 7 heteroatoms. The van der Waals surface area contributed by atoms with Gasteiger partial charge in [-0.1, -0.05) is 13.8 Å². The molecule has 1 amide bonds. The number of nitrogens with one attached hydrogen (secondary N) is 3. The first-order valence-corrected chi connectivity index (χ1v) is 8.63. The molecule has 1 rings (SSSR count). The third-order valence-electron chi connectivity index (χ3n) is 3.63. The molecule has 0 radical (unpaired) electrons. The summed E-state index contributed by atoms with van der Waals surface area (Å²) in [6.45, 7) is 7.39. The van der Waals surface area contributed by atoms with E-state index in [1.165, 1.54) is 0 Å². The first-order chi connectivity index (χ1) is 11.9. The van der Waals surface area contributed by atoms with Gasteiger partial charge in [-0.15, -0.1) is 0 Å². The van der Waals surface area contributed by atoms with Crippen LogP contribution in [0.2, 0.25) is 0 Å². The minimum Gasteiger partial charge on any atom is -0.491 e. The van der Waals surface area contributed by atoms with E-state index in [9.17, 15) is 9.59 Å². The molecule has 0 heterocycles. The minimum atomic E-state index is -0.565. The van der Waals surface area contributed by atoms with Gasteiger partial charge in [-0.25, -0.2) is 0 Å². The molecule has 0 fully saturated rings. The summed E-state index contributed by atoms with van der Waals surface area (Å²) in [5, 5.41) is 8.84. The summed E-state index contributed by atoms with van der Waals surface area (Å²) in [6, 6.07) is 4.75. The van der Waals surface area contributed by atoms with E-state index in [0.29, 0.717) is 24.5 Å². The number of rotatable bonds is 11.